The molecule has 0 heterocycles. The maximum absolute atomic E-state index is 11.9. The van der Waals surface area contributed by atoms with E-state index >= 15 is 0 Å². The predicted molar refractivity (Wildman–Crippen MR) is 77.5 cm³/mol. The SMILES string of the molecule is COC(=O)c1ccccc1NC(=O)CC(NCCO)C(=O)O. The van der Waals surface area contributed by atoms with E-state index in [1.54, 1.807) is 12.1 Å². The van der Waals surface area contributed by atoms with Crippen LogP contribution in [-0.2, 0) is 14.3 Å². The van der Waals surface area contributed by atoms with Crippen molar-refractivity contribution in [2.75, 3.05) is 25.6 Å². The first kappa shape index (κ1) is 17.6. The van der Waals surface area contributed by atoms with Gasteiger partial charge in [-0.15, -0.1) is 0 Å². The van der Waals surface area contributed by atoms with E-state index in [9.17, 15) is 14.4 Å². The number of aliphatic hydroxyl groups excluding tert-OH is 1. The average molecular weight is 310 g/mol. The Balaban J connectivity index is 2.76. The monoisotopic (exact) mass is 310 g/mol. The number of hydrogen-bond donors (Lipinski definition) is 4. The van der Waals surface area contributed by atoms with E-state index in [0.717, 1.165) is 0 Å². The van der Waals surface area contributed by atoms with Crippen LogP contribution in [0.15, 0.2) is 24.3 Å². The number of carbonyl (C=O) groups excluding carboxylic acids is 2. The number of ether oxygens (including phenoxy) is 1. The molecule has 120 valence electrons. The number of rotatable bonds is 8. The molecule has 0 spiro atoms. The summed E-state index contributed by atoms with van der Waals surface area (Å²) in [6, 6.07) is 5.12. The Morgan fingerprint density at radius 1 is 1.27 bits per heavy atom. The third-order valence-electron chi connectivity index (χ3n) is 2.80. The van der Waals surface area contributed by atoms with Gasteiger partial charge in [0, 0.05) is 6.54 Å². The molecule has 0 saturated heterocycles. The minimum absolute atomic E-state index is 0.0585. The van der Waals surface area contributed by atoms with Gasteiger partial charge in [0.05, 0.1) is 31.4 Å². The highest BCUT2D eigenvalue weighted by Gasteiger charge is 2.21. The normalized spacial score (nSPS) is 11.5. The first-order valence-corrected chi connectivity index (χ1v) is 6.53. The van der Waals surface area contributed by atoms with Crippen molar-refractivity contribution in [1.82, 2.24) is 5.32 Å². The summed E-state index contributed by atoms with van der Waals surface area (Å²) in [5.41, 5.74) is 0.416. The Bertz CT molecular complexity index is 546. The number of amides is 1. The van der Waals surface area contributed by atoms with Crippen molar-refractivity contribution >= 4 is 23.5 Å². The van der Waals surface area contributed by atoms with Gasteiger partial charge in [0.25, 0.3) is 0 Å². The smallest absolute Gasteiger partial charge is 0.339 e. The summed E-state index contributed by atoms with van der Waals surface area (Å²) in [5.74, 6) is -2.39. The van der Waals surface area contributed by atoms with Crippen LogP contribution < -0.4 is 10.6 Å². The molecular formula is C14H18N2O6. The van der Waals surface area contributed by atoms with E-state index in [0.29, 0.717) is 0 Å². The van der Waals surface area contributed by atoms with Crippen molar-refractivity contribution in [2.24, 2.45) is 0 Å². The van der Waals surface area contributed by atoms with Gasteiger partial charge in [0.15, 0.2) is 0 Å². The fourth-order valence-electron chi connectivity index (χ4n) is 1.75. The fraction of sp³-hybridized carbons (Fsp3) is 0.357. The zero-order chi connectivity index (χ0) is 16.5. The number of esters is 1. The van der Waals surface area contributed by atoms with Crippen LogP contribution in [0.3, 0.4) is 0 Å². The van der Waals surface area contributed by atoms with Crippen molar-refractivity contribution in [1.29, 1.82) is 0 Å². The summed E-state index contributed by atoms with van der Waals surface area (Å²) in [7, 11) is 1.22. The van der Waals surface area contributed by atoms with Crippen molar-refractivity contribution in [3.63, 3.8) is 0 Å². The number of carbonyl (C=O) groups is 3. The molecule has 1 atom stereocenters. The number of anilines is 1. The molecule has 8 heteroatoms. The number of nitrogens with one attached hydrogen (secondary N) is 2. The highest BCUT2D eigenvalue weighted by atomic mass is 16.5. The number of benzene rings is 1. The van der Waals surface area contributed by atoms with Crippen molar-refractivity contribution in [2.45, 2.75) is 12.5 Å². The number of para-hydroxylation sites is 1. The van der Waals surface area contributed by atoms with Gasteiger partial charge in [-0.3, -0.25) is 9.59 Å². The Labute approximate surface area is 127 Å². The van der Waals surface area contributed by atoms with E-state index in [2.05, 4.69) is 15.4 Å². The van der Waals surface area contributed by atoms with Gasteiger partial charge < -0.3 is 25.6 Å². The zero-order valence-electron chi connectivity index (χ0n) is 12.0. The quantitative estimate of drug-likeness (QED) is 0.491. The molecule has 0 bridgehead atoms. The van der Waals surface area contributed by atoms with Gasteiger partial charge in [0.2, 0.25) is 5.91 Å². The van der Waals surface area contributed by atoms with Gasteiger partial charge in [-0.25, -0.2) is 4.79 Å². The Morgan fingerprint density at radius 3 is 2.55 bits per heavy atom. The van der Waals surface area contributed by atoms with E-state index in [-0.39, 0.29) is 30.8 Å². The number of carboxylic acids is 1. The minimum atomic E-state index is -1.20. The molecule has 1 aromatic carbocycles. The van der Waals surface area contributed by atoms with Gasteiger partial charge in [-0.1, -0.05) is 12.1 Å². The topological polar surface area (TPSA) is 125 Å². The Hall–Kier alpha value is -2.45. The lowest BCUT2D eigenvalue weighted by Crippen LogP contribution is -2.41. The van der Waals surface area contributed by atoms with Crippen LogP contribution in [0.25, 0.3) is 0 Å². The first-order valence-electron chi connectivity index (χ1n) is 6.53. The van der Waals surface area contributed by atoms with Gasteiger partial charge in [0.1, 0.15) is 6.04 Å². The van der Waals surface area contributed by atoms with E-state index in [4.69, 9.17) is 10.2 Å². The molecule has 0 saturated carbocycles. The second kappa shape index (κ2) is 8.75. The maximum atomic E-state index is 11.9. The molecule has 0 radical (unpaired) electrons. The van der Waals surface area contributed by atoms with Crippen LogP contribution in [0.4, 0.5) is 5.69 Å². The number of methoxy groups -OCH3 is 1. The van der Waals surface area contributed by atoms with Crippen LogP contribution in [-0.4, -0.2) is 54.4 Å². The van der Waals surface area contributed by atoms with Crippen molar-refractivity contribution in [3.05, 3.63) is 29.8 Å². The average Bonchev–Trinajstić information content (AvgIpc) is 2.50. The molecule has 1 unspecified atom stereocenters. The van der Waals surface area contributed by atoms with E-state index in [1.165, 1.54) is 19.2 Å². The summed E-state index contributed by atoms with van der Waals surface area (Å²) < 4.78 is 4.61. The third-order valence-corrected chi connectivity index (χ3v) is 2.80. The van der Waals surface area contributed by atoms with E-state index in [1.807, 2.05) is 0 Å². The lowest BCUT2D eigenvalue weighted by Gasteiger charge is -2.14. The number of aliphatic carboxylic acids is 1. The molecule has 1 rings (SSSR count). The van der Waals surface area contributed by atoms with Crippen LogP contribution in [0, 0.1) is 0 Å². The number of aliphatic hydroxyl groups is 1. The van der Waals surface area contributed by atoms with Crippen LogP contribution in [0.1, 0.15) is 16.8 Å². The van der Waals surface area contributed by atoms with Crippen LogP contribution >= 0.6 is 0 Å². The van der Waals surface area contributed by atoms with Gasteiger partial charge in [-0.05, 0) is 12.1 Å². The summed E-state index contributed by atoms with van der Waals surface area (Å²) in [4.78, 5) is 34.5. The molecule has 8 nitrogen and oxygen atoms in total. The molecule has 0 aliphatic carbocycles. The molecule has 1 aromatic rings. The second-order valence-corrected chi connectivity index (χ2v) is 4.36. The van der Waals surface area contributed by atoms with Crippen molar-refractivity contribution in [3.8, 4) is 0 Å². The first-order chi connectivity index (χ1) is 10.5. The zero-order valence-corrected chi connectivity index (χ0v) is 12.0. The lowest BCUT2D eigenvalue weighted by atomic mass is 10.1. The van der Waals surface area contributed by atoms with E-state index < -0.39 is 23.9 Å². The molecule has 0 aromatic heterocycles. The molecule has 0 fully saturated rings. The highest BCUT2D eigenvalue weighted by Crippen LogP contribution is 2.16. The van der Waals surface area contributed by atoms with Crippen molar-refractivity contribution < 1.29 is 29.3 Å². The van der Waals surface area contributed by atoms with Gasteiger partial charge >= 0.3 is 11.9 Å². The number of carboxylic acid groups (broad SMARTS) is 1. The summed E-state index contributed by atoms with van der Waals surface area (Å²) >= 11 is 0. The Kier molecular flexibility index (Phi) is 7.00. The molecule has 4 N–H and O–H groups in total. The summed E-state index contributed by atoms with van der Waals surface area (Å²) in [6.45, 7) is -0.181. The fourth-order valence-corrected chi connectivity index (χ4v) is 1.75. The number of hydrogen-bond acceptors (Lipinski definition) is 6. The van der Waals surface area contributed by atoms with Crippen LogP contribution in [0.5, 0.6) is 0 Å². The largest absolute Gasteiger partial charge is 0.480 e. The molecular weight excluding hydrogens is 292 g/mol. The molecule has 0 aliphatic heterocycles. The summed E-state index contributed by atoms with van der Waals surface area (Å²) in [6.07, 6.45) is -0.342. The third kappa shape index (κ3) is 5.15. The second-order valence-electron chi connectivity index (χ2n) is 4.36. The lowest BCUT2D eigenvalue weighted by molar-refractivity contribution is -0.141. The standard InChI is InChI=1S/C14H18N2O6/c1-22-14(21)9-4-2-3-5-10(9)16-12(18)8-11(13(19)20)15-6-7-17/h2-5,11,15,17H,6-8H2,1H3,(H,16,18)(H,19,20). The highest BCUT2D eigenvalue weighted by molar-refractivity contribution is 6.02. The Morgan fingerprint density at radius 2 is 1.95 bits per heavy atom. The molecule has 1 amide bonds. The van der Waals surface area contributed by atoms with Gasteiger partial charge in [-0.2, -0.15) is 0 Å². The minimum Gasteiger partial charge on any atom is -0.480 e. The van der Waals surface area contributed by atoms with Crippen LogP contribution in [0.2, 0.25) is 0 Å². The molecule has 22 heavy (non-hydrogen) atoms. The predicted octanol–water partition coefficient (Wildman–Crippen LogP) is -0.163. The molecule has 0 aliphatic rings. The summed E-state index contributed by atoms with van der Waals surface area (Å²) in [5, 5.41) is 22.7. The maximum Gasteiger partial charge on any atom is 0.339 e.